The number of hydrogen-bond acceptors (Lipinski definition) is 1. The third-order valence-corrected chi connectivity index (χ3v) is 4.95. The molecule has 0 atom stereocenters. The van der Waals surface area contributed by atoms with E-state index >= 15 is 0 Å². The number of amides is 1. The van der Waals surface area contributed by atoms with Crippen molar-refractivity contribution in [2.24, 2.45) is 0 Å². The summed E-state index contributed by atoms with van der Waals surface area (Å²) in [5.74, 6) is 0.394. The molecule has 0 aromatic rings. The van der Waals surface area contributed by atoms with Gasteiger partial charge in [0.1, 0.15) is 0 Å². The predicted octanol–water partition coefficient (Wildman–Crippen LogP) is 6.09. The van der Waals surface area contributed by atoms with Crippen molar-refractivity contribution in [3.63, 3.8) is 0 Å². The molecule has 1 saturated heterocycles. The number of unbranched alkanes of at least 4 members (excludes halogenated alkanes) is 12. The largest absolute Gasteiger partial charge is 0.343 e. The Morgan fingerprint density at radius 2 is 1.23 bits per heavy atom. The minimum atomic E-state index is 0.394. The smallest absolute Gasteiger partial charge is 0.222 e. The summed E-state index contributed by atoms with van der Waals surface area (Å²) in [7, 11) is 0. The van der Waals surface area contributed by atoms with E-state index in [1.54, 1.807) is 0 Å². The van der Waals surface area contributed by atoms with Gasteiger partial charge in [-0.25, -0.2) is 0 Å². The lowest BCUT2D eigenvalue weighted by Crippen LogP contribution is -2.35. The van der Waals surface area contributed by atoms with Crippen molar-refractivity contribution in [1.82, 2.24) is 4.90 Å². The molecule has 1 fully saturated rings. The molecule has 130 valence electrons. The molecule has 0 aromatic heterocycles. The van der Waals surface area contributed by atoms with E-state index in [2.05, 4.69) is 11.8 Å². The monoisotopic (exact) mass is 309 g/mol. The fraction of sp³-hybridized carbons (Fsp3) is 0.950. The molecule has 22 heavy (non-hydrogen) atoms. The molecule has 2 nitrogen and oxygen atoms in total. The topological polar surface area (TPSA) is 20.3 Å². The summed E-state index contributed by atoms with van der Waals surface area (Å²) in [5, 5.41) is 0. The number of hydrogen-bond donors (Lipinski definition) is 0. The van der Waals surface area contributed by atoms with Crippen LogP contribution in [0.25, 0.3) is 0 Å². The summed E-state index contributed by atoms with van der Waals surface area (Å²) in [5.41, 5.74) is 0. The van der Waals surface area contributed by atoms with Gasteiger partial charge < -0.3 is 4.90 Å². The number of carbonyl (C=O) groups is 1. The second kappa shape index (κ2) is 14.1. The van der Waals surface area contributed by atoms with Crippen LogP contribution < -0.4 is 0 Å². The summed E-state index contributed by atoms with van der Waals surface area (Å²) in [6, 6.07) is 0. The zero-order valence-corrected chi connectivity index (χ0v) is 15.1. The van der Waals surface area contributed by atoms with E-state index < -0.39 is 0 Å². The molecule has 1 heterocycles. The number of nitrogens with zero attached hydrogens (tertiary/aromatic N) is 1. The maximum Gasteiger partial charge on any atom is 0.222 e. The first-order chi connectivity index (χ1) is 10.8. The van der Waals surface area contributed by atoms with Crippen molar-refractivity contribution in [2.45, 2.75) is 110 Å². The van der Waals surface area contributed by atoms with Gasteiger partial charge in [-0.1, -0.05) is 84.0 Å². The maximum absolute atomic E-state index is 11.7. The molecule has 1 amide bonds. The van der Waals surface area contributed by atoms with Crippen molar-refractivity contribution in [1.29, 1.82) is 0 Å². The molecule has 1 rings (SSSR count). The molecule has 1 aliphatic heterocycles. The van der Waals surface area contributed by atoms with Gasteiger partial charge in [0, 0.05) is 19.5 Å². The molecule has 0 N–H and O–H groups in total. The van der Waals surface area contributed by atoms with Crippen LogP contribution in [-0.4, -0.2) is 23.9 Å². The molecule has 1 aliphatic rings. The van der Waals surface area contributed by atoms with Gasteiger partial charge in [0.2, 0.25) is 5.91 Å². The lowest BCUT2D eigenvalue weighted by atomic mass is 10.0. The molecule has 0 saturated carbocycles. The van der Waals surface area contributed by atoms with Gasteiger partial charge >= 0.3 is 0 Å². The average Bonchev–Trinajstić information content (AvgIpc) is 2.53. The van der Waals surface area contributed by atoms with Crippen LogP contribution in [0.2, 0.25) is 0 Å². The third-order valence-electron chi connectivity index (χ3n) is 4.95. The molecule has 0 radical (unpaired) electrons. The van der Waals surface area contributed by atoms with Gasteiger partial charge in [0.15, 0.2) is 0 Å². The highest BCUT2D eigenvalue weighted by Gasteiger charge is 2.16. The molecule has 0 spiro atoms. The quantitative estimate of drug-likeness (QED) is 0.355. The molecular weight excluding hydrogens is 270 g/mol. The van der Waals surface area contributed by atoms with Crippen LogP contribution in [0.3, 0.4) is 0 Å². The highest BCUT2D eigenvalue weighted by atomic mass is 16.2. The zero-order chi connectivity index (χ0) is 15.9. The second-order valence-corrected chi connectivity index (χ2v) is 7.08. The van der Waals surface area contributed by atoms with Crippen molar-refractivity contribution in [3.05, 3.63) is 0 Å². The average molecular weight is 310 g/mol. The molecule has 0 bridgehead atoms. The van der Waals surface area contributed by atoms with Gasteiger partial charge in [-0.15, -0.1) is 0 Å². The van der Waals surface area contributed by atoms with Crippen molar-refractivity contribution >= 4 is 5.91 Å². The Kier molecular flexibility index (Phi) is 12.5. The summed E-state index contributed by atoms with van der Waals surface area (Å²) in [4.78, 5) is 13.8. The van der Waals surface area contributed by atoms with Gasteiger partial charge in [0.05, 0.1) is 0 Å². The van der Waals surface area contributed by atoms with Crippen molar-refractivity contribution in [3.8, 4) is 0 Å². The first kappa shape index (κ1) is 19.5. The number of carbonyl (C=O) groups excluding carboxylic acids is 1. The van der Waals surface area contributed by atoms with Crippen LogP contribution in [-0.2, 0) is 4.79 Å². The Hall–Kier alpha value is -0.530. The van der Waals surface area contributed by atoms with Crippen LogP contribution >= 0.6 is 0 Å². The van der Waals surface area contributed by atoms with Gasteiger partial charge in [0.25, 0.3) is 0 Å². The zero-order valence-electron chi connectivity index (χ0n) is 15.1. The van der Waals surface area contributed by atoms with Crippen LogP contribution in [0.4, 0.5) is 0 Å². The second-order valence-electron chi connectivity index (χ2n) is 7.08. The summed E-state index contributed by atoms with van der Waals surface area (Å²) in [6.07, 6.45) is 21.2. The molecule has 0 aromatic carbocycles. The minimum Gasteiger partial charge on any atom is -0.343 e. The SMILES string of the molecule is CCCCCCCCCCCCCCCN1CCCCC1=O. The summed E-state index contributed by atoms with van der Waals surface area (Å²) in [6.45, 7) is 4.30. The Morgan fingerprint density at radius 3 is 1.73 bits per heavy atom. The van der Waals surface area contributed by atoms with Crippen molar-refractivity contribution < 1.29 is 4.79 Å². The highest BCUT2D eigenvalue weighted by molar-refractivity contribution is 5.76. The number of rotatable bonds is 14. The Bertz CT molecular complexity index is 264. The van der Waals surface area contributed by atoms with Crippen LogP contribution in [0.15, 0.2) is 0 Å². The van der Waals surface area contributed by atoms with E-state index in [0.717, 1.165) is 25.9 Å². The van der Waals surface area contributed by atoms with E-state index in [4.69, 9.17) is 0 Å². The molecular formula is C20H39NO. The number of likely N-dealkylation sites (tertiary alicyclic amines) is 1. The first-order valence-electron chi connectivity index (χ1n) is 10.1. The maximum atomic E-state index is 11.7. The number of piperidine rings is 1. The van der Waals surface area contributed by atoms with E-state index in [1.807, 2.05) is 0 Å². The fourth-order valence-corrected chi connectivity index (χ4v) is 3.42. The van der Waals surface area contributed by atoms with E-state index in [0.29, 0.717) is 5.91 Å². The van der Waals surface area contributed by atoms with Gasteiger partial charge in [-0.2, -0.15) is 0 Å². The van der Waals surface area contributed by atoms with Crippen LogP contribution in [0, 0.1) is 0 Å². The van der Waals surface area contributed by atoms with Crippen LogP contribution in [0.1, 0.15) is 110 Å². The van der Waals surface area contributed by atoms with Gasteiger partial charge in [-0.3, -0.25) is 4.79 Å². The summed E-state index contributed by atoms with van der Waals surface area (Å²) >= 11 is 0. The van der Waals surface area contributed by atoms with E-state index in [-0.39, 0.29) is 0 Å². The minimum absolute atomic E-state index is 0.394. The van der Waals surface area contributed by atoms with E-state index in [9.17, 15) is 4.79 Å². The lowest BCUT2D eigenvalue weighted by molar-refractivity contribution is -0.133. The Balaban J connectivity index is 1.75. The molecule has 2 heteroatoms. The standard InChI is InChI=1S/C20H39NO/c1-2-3-4-5-6-7-8-9-10-11-12-13-15-18-21-19-16-14-17-20(21)22/h2-19H2,1H3. The predicted molar refractivity (Wildman–Crippen MR) is 96.1 cm³/mol. The first-order valence-corrected chi connectivity index (χ1v) is 10.1. The summed E-state index contributed by atoms with van der Waals surface area (Å²) < 4.78 is 0. The lowest BCUT2D eigenvalue weighted by Gasteiger charge is -2.26. The Labute approximate surface area is 139 Å². The third kappa shape index (κ3) is 10.2. The highest BCUT2D eigenvalue weighted by Crippen LogP contribution is 2.14. The van der Waals surface area contributed by atoms with Gasteiger partial charge in [-0.05, 0) is 19.3 Å². The van der Waals surface area contributed by atoms with Crippen LogP contribution in [0.5, 0.6) is 0 Å². The normalized spacial score (nSPS) is 15.5. The molecule has 0 aliphatic carbocycles. The Morgan fingerprint density at radius 1 is 0.727 bits per heavy atom. The molecule has 0 unspecified atom stereocenters. The van der Waals surface area contributed by atoms with Crippen molar-refractivity contribution in [2.75, 3.05) is 13.1 Å². The van der Waals surface area contributed by atoms with E-state index in [1.165, 1.54) is 89.9 Å². The fourth-order valence-electron chi connectivity index (χ4n) is 3.42.